The smallest absolute Gasteiger partial charge is 0.344 e. The predicted octanol–water partition coefficient (Wildman–Crippen LogP) is 3.52. The number of halogens is 3. The number of nitrogens with zero attached hydrogens (tertiary/aromatic N) is 1. The van der Waals surface area contributed by atoms with E-state index in [0.29, 0.717) is 11.3 Å². The van der Waals surface area contributed by atoms with Crippen LogP contribution in [-0.2, 0) is 15.8 Å². The Labute approximate surface area is 148 Å². The fraction of sp³-hybridized carbons (Fsp3) is 0.263. The van der Waals surface area contributed by atoms with E-state index < -0.39 is 29.5 Å². The number of nitrogens with one attached hydrogen (secondary N) is 1. The minimum absolute atomic E-state index is 0.275. The lowest BCUT2D eigenvalue weighted by Gasteiger charge is -2.17. The van der Waals surface area contributed by atoms with Crippen LogP contribution in [0.1, 0.15) is 17.0 Å². The lowest BCUT2D eigenvalue weighted by molar-refractivity contribution is -0.138. The maximum absolute atomic E-state index is 12.7. The van der Waals surface area contributed by atoms with Crippen LogP contribution in [0.2, 0.25) is 0 Å². The van der Waals surface area contributed by atoms with Gasteiger partial charge in [-0.15, -0.1) is 0 Å². The molecular weight excluding hydrogens is 345 g/mol. The molecule has 1 aliphatic heterocycles. The van der Waals surface area contributed by atoms with E-state index in [2.05, 4.69) is 5.32 Å². The highest BCUT2D eigenvalue weighted by atomic mass is 19.4. The zero-order chi connectivity index (χ0) is 18.9. The lowest BCUT2D eigenvalue weighted by Crippen LogP contribution is -2.32. The van der Waals surface area contributed by atoms with Crippen LogP contribution < -0.4 is 5.32 Å². The molecule has 2 aromatic carbocycles. The molecule has 3 rings (SSSR count). The summed E-state index contributed by atoms with van der Waals surface area (Å²) in [6.07, 6.45) is -4.43. The molecule has 7 heteroatoms. The van der Waals surface area contributed by atoms with Gasteiger partial charge in [0.1, 0.15) is 5.92 Å². The summed E-state index contributed by atoms with van der Waals surface area (Å²) in [5.41, 5.74) is 0.333. The molecule has 2 aromatic rings. The number of hydrogen-bond donors (Lipinski definition) is 1. The number of likely N-dealkylation sites (N-methyl/N-ethyl adjacent to an activating group) is 1. The number of para-hydroxylation sites is 1. The average Bonchev–Trinajstić information content (AvgIpc) is 2.90. The first-order chi connectivity index (χ1) is 12.3. The molecule has 26 heavy (non-hydrogen) atoms. The molecule has 1 aliphatic rings. The molecule has 0 saturated carbocycles. The highest BCUT2D eigenvalue weighted by Crippen LogP contribution is 2.36. The van der Waals surface area contributed by atoms with Crippen LogP contribution in [0.4, 0.5) is 18.9 Å². The van der Waals surface area contributed by atoms with Crippen molar-refractivity contribution in [1.82, 2.24) is 4.90 Å². The standard InChI is InChI=1S/C19H17F3N2O2/c1-24-11-15(12-7-9-13(10-8-12)19(20,21)22)16(18(24)26)17(25)23-14-5-3-2-4-6-14/h2-10,15-16H,11H2,1H3,(H,23,25)/t15-,16+/m0/s1. The van der Waals surface area contributed by atoms with Crippen molar-refractivity contribution in [2.45, 2.75) is 12.1 Å². The third kappa shape index (κ3) is 3.56. The third-order valence-electron chi connectivity index (χ3n) is 4.51. The summed E-state index contributed by atoms with van der Waals surface area (Å²) >= 11 is 0. The van der Waals surface area contributed by atoms with Crippen molar-refractivity contribution in [3.63, 3.8) is 0 Å². The molecule has 1 heterocycles. The molecule has 4 nitrogen and oxygen atoms in total. The summed E-state index contributed by atoms with van der Waals surface area (Å²) < 4.78 is 38.2. The maximum Gasteiger partial charge on any atom is 0.416 e. The second-order valence-corrected chi connectivity index (χ2v) is 6.28. The van der Waals surface area contributed by atoms with E-state index in [9.17, 15) is 22.8 Å². The first-order valence-corrected chi connectivity index (χ1v) is 8.05. The molecule has 0 radical (unpaired) electrons. The molecular formula is C19H17F3N2O2. The van der Waals surface area contributed by atoms with Gasteiger partial charge in [0.15, 0.2) is 0 Å². The number of likely N-dealkylation sites (tertiary alicyclic amines) is 1. The maximum atomic E-state index is 12.7. The number of amides is 2. The molecule has 0 unspecified atom stereocenters. The first kappa shape index (κ1) is 18.0. The van der Waals surface area contributed by atoms with Crippen LogP contribution in [0.3, 0.4) is 0 Å². The molecule has 0 aliphatic carbocycles. The van der Waals surface area contributed by atoms with Crippen LogP contribution in [0.25, 0.3) is 0 Å². The lowest BCUT2D eigenvalue weighted by atomic mass is 9.87. The average molecular weight is 362 g/mol. The fourth-order valence-electron chi connectivity index (χ4n) is 3.15. The third-order valence-corrected chi connectivity index (χ3v) is 4.51. The number of hydrogen-bond acceptors (Lipinski definition) is 2. The van der Waals surface area contributed by atoms with E-state index in [0.717, 1.165) is 12.1 Å². The molecule has 0 bridgehead atoms. The van der Waals surface area contributed by atoms with Gasteiger partial charge < -0.3 is 10.2 Å². The number of benzene rings is 2. The Morgan fingerprint density at radius 1 is 1.08 bits per heavy atom. The molecule has 0 aromatic heterocycles. The van der Waals surface area contributed by atoms with Crippen molar-refractivity contribution in [2.75, 3.05) is 18.9 Å². The van der Waals surface area contributed by atoms with Crippen LogP contribution in [0, 0.1) is 5.92 Å². The van der Waals surface area contributed by atoms with Crippen molar-refractivity contribution in [3.05, 3.63) is 65.7 Å². The molecule has 2 atom stereocenters. The number of carbonyl (C=O) groups is 2. The summed E-state index contributed by atoms with van der Waals surface area (Å²) in [7, 11) is 1.58. The van der Waals surface area contributed by atoms with Crippen molar-refractivity contribution >= 4 is 17.5 Å². The topological polar surface area (TPSA) is 49.4 Å². The molecule has 1 N–H and O–H groups in total. The number of alkyl halides is 3. The minimum atomic E-state index is -4.43. The SMILES string of the molecule is CN1C[C@@H](c2ccc(C(F)(F)F)cc2)[C@H](C(=O)Nc2ccccc2)C1=O. The van der Waals surface area contributed by atoms with Crippen molar-refractivity contribution in [2.24, 2.45) is 5.92 Å². The van der Waals surface area contributed by atoms with Gasteiger partial charge in [0.25, 0.3) is 0 Å². The normalized spacial score (nSPS) is 20.3. The highest BCUT2D eigenvalue weighted by Gasteiger charge is 2.44. The number of anilines is 1. The Morgan fingerprint density at radius 2 is 1.69 bits per heavy atom. The highest BCUT2D eigenvalue weighted by molar-refractivity contribution is 6.08. The summed E-state index contributed by atoms with van der Waals surface area (Å²) in [5.74, 6) is -2.28. The second kappa shape index (κ2) is 6.82. The Balaban J connectivity index is 1.85. The van der Waals surface area contributed by atoms with Crippen LogP contribution in [-0.4, -0.2) is 30.3 Å². The van der Waals surface area contributed by atoms with Crippen LogP contribution >= 0.6 is 0 Å². The summed E-state index contributed by atoms with van der Waals surface area (Å²) in [6, 6.07) is 13.3. The zero-order valence-electron chi connectivity index (χ0n) is 14.0. The van der Waals surface area contributed by atoms with E-state index in [1.807, 2.05) is 0 Å². The van der Waals surface area contributed by atoms with Gasteiger partial charge >= 0.3 is 6.18 Å². The summed E-state index contributed by atoms with van der Waals surface area (Å²) in [6.45, 7) is 0.275. The molecule has 1 saturated heterocycles. The monoisotopic (exact) mass is 362 g/mol. The summed E-state index contributed by atoms with van der Waals surface area (Å²) in [5, 5.41) is 2.70. The Kier molecular flexibility index (Phi) is 4.71. The fourth-order valence-corrected chi connectivity index (χ4v) is 3.15. The Morgan fingerprint density at radius 3 is 2.27 bits per heavy atom. The molecule has 2 amide bonds. The largest absolute Gasteiger partial charge is 0.416 e. The Bertz CT molecular complexity index is 804. The van der Waals surface area contributed by atoms with E-state index in [-0.39, 0.29) is 12.5 Å². The zero-order valence-corrected chi connectivity index (χ0v) is 14.0. The van der Waals surface area contributed by atoms with E-state index >= 15 is 0 Å². The van der Waals surface area contributed by atoms with Crippen molar-refractivity contribution in [3.8, 4) is 0 Å². The molecule has 136 valence electrons. The van der Waals surface area contributed by atoms with E-state index in [4.69, 9.17) is 0 Å². The molecule has 1 fully saturated rings. The second-order valence-electron chi connectivity index (χ2n) is 6.28. The summed E-state index contributed by atoms with van der Waals surface area (Å²) in [4.78, 5) is 26.5. The van der Waals surface area contributed by atoms with E-state index in [1.54, 1.807) is 37.4 Å². The van der Waals surface area contributed by atoms with Gasteiger partial charge in [-0.3, -0.25) is 9.59 Å². The van der Waals surface area contributed by atoms with E-state index in [1.165, 1.54) is 17.0 Å². The quantitative estimate of drug-likeness (QED) is 0.850. The number of carbonyl (C=O) groups excluding carboxylic acids is 2. The van der Waals surface area contributed by atoms with Crippen LogP contribution in [0.5, 0.6) is 0 Å². The van der Waals surface area contributed by atoms with Crippen molar-refractivity contribution in [1.29, 1.82) is 0 Å². The minimum Gasteiger partial charge on any atom is -0.344 e. The van der Waals surface area contributed by atoms with Crippen LogP contribution in [0.15, 0.2) is 54.6 Å². The first-order valence-electron chi connectivity index (χ1n) is 8.05. The molecule has 0 spiro atoms. The van der Waals surface area contributed by atoms with Gasteiger partial charge in [-0.05, 0) is 29.8 Å². The predicted molar refractivity (Wildman–Crippen MR) is 90.4 cm³/mol. The Hall–Kier alpha value is -2.83. The van der Waals surface area contributed by atoms with Gasteiger partial charge in [-0.2, -0.15) is 13.2 Å². The van der Waals surface area contributed by atoms with Gasteiger partial charge in [-0.1, -0.05) is 30.3 Å². The van der Waals surface area contributed by atoms with Gasteiger partial charge in [0.05, 0.1) is 5.56 Å². The van der Waals surface area contributed by atoms with Gasteiger partial charge in [-0.25, -0.2) is 0 Å². The number of rotatable bonds is 3. The van der Waals surface area contributed by atoms with Crippen molar-refractivity contribution < 1.29 is 22.8 Å². The van der Waals surface area contributed by atoms with Gasteiger partial charge in [0.2, 0.25) is 11.8 Å². The van der Waals surface area contributed by atoms with Gasteiger partial charge in [0, 0.05) is 25.2 Å².